The van der Waals surface area contributed by atoms with Crippen molar-refractivity contribution in [3.63, 3.8) is 0 Å². The number of halogens is 1. The molecule has 96 valence electrons. The summed E-state index contributed by atoms with van der Waals surface area (Å²) in [5.41, 5.74) is 1.05. The molecule has 19 heavy (non-hydrogen) atoms. The minimum atomic E-state index is 0.526. The van der Waals surface area contributed by atoms with Crippen LogP contribution in [-0.2, 0) is 13.7 Å². The standard InChI is InChI=1S/C15H13BrN2O/c1-18-10-17-8-14(18)9-19-15-5-3-11-6-13(16)4-2-12(11)7-15/h2-8,10H,9H2,1H3. The maximum absolute atomic E-state index is 5.80. The van der Waals surface area contributed by atoms with E-state index in [1.54, 1.807) is 6.33 Å². The number of nitrogens with zero attached hydrogens (tertiary/aromatic N) is 2. The van der Waals surface area contributed by atoms with Gasteiger partial charge in [-0.15, -0.1) is 0 Å². The first kappa shape index (κ1) is 12.2. The molecule has 0 aliphatic heterocycles. The van der Waals surface area contributed by atoms with Gasteiger partial charge in [0.05, 0.1) is 18.2 Å². The van der Waals surface area contributed by atoms with Crippen LogP contribution >= 0.6 is 15.9 Å². The van der Waals surface area contributed by atoms with E-state index in [1.807, 2.05) is 29.9 Å². The van der Waals surface area contributed by atoms with Crippen LogP contribution in [0, 0.1) is 0 Å². The summed E-state index contributed by atoms with van der Waals surface area (Å²) in [5, 5.41) is 2.37. The van der Waals surface area contributed by atoms with Crippen LogP contribution in [0.15, 0.2) is 53.4 Å². The predicted octanol–water partition coefficient (Wildman–Crippen LogP) is 3.91. The van der Waals surface area contributed by atoms with Crippen molar-refractivity contribution in [2.45, 2.75) is 6.61 Å². The van der Waals surface area contributed by atoms with Crippen LogP contribution in [0.3, 0.4) is 0 Å². The van der Waals surface area contributed by atoms with Gasteiger partial charge in [-0.05, 0) is 35.0 Å². The Bertz CT molecular complexity index is 721. The number of imidazole rings is 1. The van der Waals surface area contributed by atoms with E-state index in [1.165, 1.54) is 10.8 Å². The third-order valence-electron chi connectivity index (χ3n) is 3.08. The molecule has 3 aromatic rings. The molecule has 0 bridgehead atoms. The topological polar surface area (TPSA) is 27.1 Å². The summed E-state index contributed by atoms with van der Waals surface area (Å²) >= 11 is 3.47. The van der Waals surface area contributed by atoms with E-state index >= 15 is 0 Å². The zero-order valence-electron chi connectivity index (χ0n) is 10.5. The lowest BCUT2D eigenvalue weighted by molar-refractivity contribution is 0.297. The normalized spacial score (nSPS) is 10.8. The molecule has 1 heterocycles. The highest BCUT2D eigenvalue weighted by molar-refractivity contribution is 9.10. The maximum atomic E-state index is 5.80. The van der Waals surface area contributed by atoms with Crippen molar-refractivity contribution in [2.75, 3.05) is 0 Å². The highest BCUT2D eigenvalue weighted by Crippen LogP contribution is 2.24. The smallest absolute Gasteiger partial charge is 0.130 e. The van der Waals surface area contributed by atoms with Crippen LogP contribution in [0.1, 0.15) is 5.69 Å². The highest BCUT2D eigenvalue weighted by atomic mass is 79.9. The van der Waals surface area contributed by atoms with E-state index < -0.39 is 0 Å². The minimum Gasteiger partial charge on any atom is -0.487 e. The van der Waals surface area contributed by atoms with Crippen LogP contribution in [0.25, 0.3) is 10.8 Å². The van der Waals surface area contributed by atoms with Crippen molar-refractivity contribution >= 4 is 26.7 Å². The molecular formula is C15H13BrN2O. The second kappa shape index (κ2) is 5.05. The molecule has 0 saturated carbocycles. The fraction of sp³-hybridized carbons (Fsp3) is 0.133. The van der Waals surface area contributed by atoms with Crippen molar-refractivity contribution in [1.29, 1.82) is 0 Å². The average Bonchev–Trinajstić information content (AvgIpc) is 2.82. The molecule has 4 heteroatoms. The SMILES string of the molecule is Cn1cncc1COc1ccc2cc(Br)ccc2c1. The first-order chi connectivity index (χ1) is 9.22. The number of aryl methyl sites for hydroxylation is 1. The van der Waals surface area contributed by atoms with E-state index in [0.29, 0.717) is 6.61 Å². The summed E-state index contributed by atoms with van der Waals surface area (Å²) in [6.45, 7) is 0.526. The quantitative estimate of drug-likeness (QED) is 0.732. The Kier molecular flexibility index (Phi) is 3.25. The lowest BCUT2D eigenvalue weighted by atomic mass is 10.1. The second-order valence-corrected chi connectivity index (χ2v) is 5.35. The molecule has 0 spiro atoms. The van der Waals surface area contributed by atoms with E-state index in [9.17, 15) is 0 Å². The van der Waals surface area contributed by atoms with Crippen molar-refractivity contribution in [3.05, 3.63) is 59.1 Å². The zero-order chi connectivity index (χ0) is 13.2. The summed E-state index contributed by atoms with van der Waals surface area (Å²) in [6, 6.07) is 12.3. The molecule has 0 N–H and O–H groups in total. The Morgan fingerprint density at radius 3 is 2.74 bits per heavy atom. The third-order valence-corrected chi connectivity index (χ3v) is 3.57. The summed E-state index contributed by atoms with van der Waals surface area (Å²) in [7, 11) is 1.96. The second-order valence-electron chi connectivity index (χ2n) is 4.44. The fourth-order valence-corrected chi connectivity index (χ4v) is 2.34. The van der Waals surface area contributed by atoms with Crippen LogP contribution in [0.4, 0.5) is 0 Å². The third kappa shape index (κ3) is 2.63. The molecule has 3 rings (SSSR count). The van der Waals surface area contributed by atoms with Crippen LogP contribution in [0.5, 0.6) is 5.75 Å². The monoisotopic (exact) mass is 316 g/mol. The molecule has 0 aliphatic rings. The van der Waals surface area contributed by atoms with Crippen LogP contribution < -0.4 is 4.74 Å². The molecule has 0 amide bonds. The van der Waals surface area contributed by atoms with Gasteiger partial charge in [-0.2, -0.15) is 0 Å². The van der Waals surface area contributed by atoms with E-state index in [-0.39, 0.29) is 0 Å². The van der Waals surface area contributed by atoms with Gasteiger partial charge in [-0.25, -0.2) is 4.98 Å². The molecule has 0 fully saturated rings. The number of hydrogen-bond donors (Lipinski definition) is 0. The van der Waals surface area contributed by atoms with Gasteiger partial charge >= 0.3 is 0 Å². The summed E-state index contributed by atoms with van der Waals surface area (Å²) in [5.74, 6) is 0.871. The van der Waals surface area contributed by atoms with Gasteiger partial charge in [0.2, 0.25) is 0 Å². The Labute approximate surface area is 120 Å². The van der Waals surface area contributed by atoms with Gasteiger partial charge in [0, 0.05) is 11.5 Å². The number of hydrogen-bond acceptors (Lipinski definition) is 2. The van der Waals surface area contributed by atoms with E-state index in [2.05, 4.69) is 45.2 Å². The molecule has 2 aromatic carbocycles. The zero-order valence-corrected chi connectivity index (χ0v) is 12.1. The molecule has 0 radical (unpaired) electrons. The number of aromatic nitrogens is 2. The van der Waals surface area contributed by atoms with Crippen molar-refractivity contribution in [3.8, 4) is 5.75 Å². The van der Waals surface area contributed by atoms with E-state index in [4.69, 9.17) is 4.74 Å². The van der Waals surface area contributed by atoms with Crippen molar-refractivity contribution in [2.24, 2.45) is 7.05 Å². The number of rotatable bonds is 3. The molecule has 0 saturated heterocycles. The van der Waals surface area contributed by atoms with Gasteiger partial charge in [0.25, 0.3) is 0 Å². The van der Waals surface area contributed by atoms with Gasteiger partial charge < -0.3 is 9.30 Å². The predicted molar refractivity (Wildman–Crippen MR) is 79.2 cm³/mol. The summed E-state index contributed by atoms with van der Waals surface area (Å²) < 4.78 is 8.84. The molecule has 1 aromatic heterocycles. The molecule has 0 unspecified atom stereocenters. The Morgan fingerprint density at radius 1 is 1.16 bits per heavy atom. The molecule has 0 aliphatic carbocycles. The first-order valence-electron chi connectivity index (χ1n) is 6.00. The van der Waals surface area contributed by atoms with Crippen molar-refractivity contribution in [1.82, 2.24) is 9.55 Å². The summed E-state index contributed by atoms with van der Waals surface area (Å²) in [4.78, 5) is 4.07. The van der Waals surface area contributed by atoms with Gasteiger partial charge in [-0.3, -0.25) is 0 Å². The van der Waals surface area contributed by atoms with Crippen molar-refractivity contribution < 1.29 is 4.74 Å². The molecule has 0 atom stereocenters. The Hall–Kier alpha value is -1.81. The summed E-state index contributed by atoms with van der Waals surface area (Å²) in [6.07, 6.45) is 3.59. The number of fused-ring (bicyclic) bond motifs is 1. The highest BCUT2D eigenvalue weighted by Gasteiger charge is 2.01. The number of ether oxygens (including phenoxy) is 1. The maximum Gasteiger partial charge on any atom is 0.130 e. The average molecular weight is 317 g/mol. The lowest BCUT2D eigenvalue weighted by Gasteiger charge is -2.08. The van der Waals surface area contributed by atoms with E-state index in [0.717, 1.165) is 15.9 Å². The van der Waals surface area contributed by atoms with Gasteiger partial charge in [0.1, 0.15) is 12.4 Å². The minimum absolute atomic E-state index is 0.526. The number of benzene rings is 2. The van der Waals surface area contributed by atoms with Crippen LogP contribution in [-0.4, -0.2) is 9.55 Å². The first-order valence-corrected chi connectivity index (χ1v) is 6.79. The molecular weight excluding hydrogens is 304 g/mol. The lowest BCUT2D eigenvalue weighted by Crippen LogP contribution is -2.00. The largest absolute Gasteiger partial charge is 0.487 e. The Morgan fingerprint density at radius 2 is 1.95 bits per heavy atom. The van der Waals surface area contributed by atoms with Crippen LogP contribution in [0.2, 0.25) is 0 Å². The fourth-order valence-electron chi connectivity index (χ4n) is 1.97. The van der Waals surface area contributed by atoms with Gasteiger partial charge in [0.15, 0.2) is 0 Å². The van der Waals surface area contributed by atoms with Gasteiger partial charge in [-0.1, -0.05) is 28.1 Å². The molecule has 3 nitrogen and oxygen atoms in total. The Balaban J connectivity index is 1.82.